The number of rotatable bonds is 6. The molecule has 2 aromatic rings. The first-order chi connectivity index (χ1) is 11.3. The molecule has 0 aliphatic rings. The van der Waals surface area contributed by atoms with Gasteiger partial charge in [-0.3, -0.25) is 4.79 Å². The molecule has 0 amide bonds. The molecule has 0 aliphatic carbocycles. The SMILES string of the molecule is CCNc1nc(NC(C)(C)C)nc(Oc2ccc(=O)n(CC)n2)n1. The Morgan fingerprint density at radius 2 is 1.83 bits per heavy atom. The van der Waals surface area contributed by atoms with Crippen molar-refractivity contribution < 1.29 is 4.74 Å². The topological polar surface area (TPSA) is 107 Å². The molecule has 0 saturated carbocycles. The molecule has 9 nitrogen and oxygen atoms in total. The molecule has 0 bridgehead atoms. The van der Waals surface area contributed by atoms with Gasteiger partial charge in [0.15, 0.2) is 0 Å². The van der Waals surface area contributed by atoms with Crippen molar-refractivity contribution in [1.29, 1.82) is 0 Å². The predicted molar refractivity (Wildman–Crippen MR) is 91.6 cm³/mol. The Balaban J connectivity index is 2.32. The normalized spacial score (nSPS) is 11.2. The number of nitrogens with one attached hydrogen (secondary N) is 2. The van der Waals surface area contributed by atoms with E-state index in [0.29, 0.717) is 25.0 Å². The van der Waals surface area contributed by atoms with E-state index >= 15 is 0 Å². The summed E-state index contributed by atoms with van der Waals surface area (Å²) in [6, 6.07) is 2.98. The standard InChI is InChI=1S/C15H23N7O2/c1-6-16-12-17-13(20-15(3,4)5)19-14(18-12)24-10-8-9-11(23)22(7-2)21-10/h8-9H,6-7H2,1-5H3,(H2,16,17,18,19,20). The molecule has 2 N–H and O–H groups in total. The van der Waals surface area contributed by atoms with Gasteiger partial charge in [-0.05, 0) is 34.6 Å². The summed E-state index contributed by atoms with van der Waals surface area (Å²) in [5.41, 5.74) is -0.403. The molecule has 0 aliphatic heterocycles. The molecular weight excluding hydrogens is 310 g/mol. The van der Waals surface area contributed by atoms with Crippen LogP contribution in [-0.4, -0.2) is 36.8 Å². The van der Waals surface area contributed by atoms with E-state index in [0.717, 1.165) is 0 Å². The van der Waals surface area contributed by atoms with Gasteiger partial charge in [-0.2, -0.15) is 15.0 Å². The van der Waals surface area contributed by atoms with Gasteiger partial charge in [0, 0.05) is 30.8 Å². The average molecular weight is 333 g/mol. The van der Waals surface area contributed by atoms with Crippen molar-refractivity contribution in [3.8, 4) is 11.9 Å². The minimum Gasteiger partial charge on any atom is -0.403 e. The molecule has 0 atom stereocenters. The maximum Gasteiger partial charge on any atom is 0.330 e. The monoisotopic (exact) mass is 333 g/mol. The van der Waals surface area contributed by atoms with Crippen LogP contribution >= 0.6 is 0 Å². The Bertz CT molecular complexity index is 752. The minimum atomic E-state index is -0.213. The van der Waals surface area contributed by atoms with Gasteiger partial charge in [-0.25, -0.2) is 4.68 Å². The molecule has 9 heteroatoms. The van der Waals surface area contributed by atoms with E-state index in [4.69, 9.17) is 4.74 Å². The Hall–Kier alpha value is -2.71. The van der Waals surface area contributed by atoms with Crippen LogP contribution in [0, 0.1) is 0 Å². The zero-order chi connectivity index (χ0) is 17.7. The van der Waals surface area contributed by atoms with Gasteiger partial charge in [-0.1, -0.05) is 0 Å². The van der Waals surface area contributed by atoms with E-state index in [-0.39, 0.29) is 23.0 Å². The first kappa shape index (κ1) is 17.6. The van der Waals surface area contributed by atoms with Crippen LogP contribution in [0.3, 0.4) is 0 Å². The summed E-state index contributed by atoms with van der Waals surface area (Å²) in [5.74, 6) is 1.04. The van der Waals surface area contributed by atoms with Crippen LogP contribution in [0.2, 0.25) is 0 Å². The summed E-state index contributed by atoms with van der Waals surface area (Å²) >= 11 is 0. The van der Waals surface area contributed by atoms with Crippen LogP contribution < -0.4 is 20.9 Å². The minimum absolute atomic E-state index is 0.0986. The van der Waals surface area contributed by atoms with E-state index in [2.05, 4.69) is 30.7 Å². The van der Waals surface area contributed by atoms with Gasteiger partial charge < -0.3 is 15.4 Å². The number of aromatic nitrogens is 5. The third-order valence-electron chi connectivity index (χ3n) is 2.77. The van der Waals surface area contributed by atoms with Crippen LogP contribution in [0.1, 0.15) is 34.6 Å². The van der Waals surface area contributed by atoms with Crippen molar-refractivity contribution in [3.05, 3.63) is 22.5 Å². The fourth-order valence-electron chi connectivity index (χ4n) is 1.84. The van der Waals surface area contributed by atoms with Crippen molar-refractivity contribution in [1.82, 2.24) is 24.7 Å². The van der Waals surface area contributed by atoms with Gasteiger partial charge in [-0.15, -0.1) is 5.10 Å². The molecule has 130 valence electrons. The van der Waals surface area contributed by atoms with Gasteiger partial charge in [0.1, 0.15) is 0 Å². The van der Waals surface area contributed by atoms with Crippen molar-refractivity contribution in [3.63, 3.8) is 0 Å². The molecule has 24 heavy (non-hydrogen) atoms. The van der Waals surface area contributed by atoms with Crippen LogP contribution in [0.25, 0.3) is 0 Å². The van der Waals surface area contributed by atoms with Crippen molar-refractivity contribution in [2.45, 2.75) is 46.7 Å². The van der Waals surface area contributed by atoms with Crippen LogP contribution in [-0.2, 0) is 6.54 Å². The number of hydrogen-bond acceptors (Lipinski definition) is 8. The third-order valence-corrected chi connectivity index (χ3v) is 2.77. The van der Waals surface area contributed by atoms with Crippen molar-refractivity contribution >= 4 is 11.9 Å². The summed E-state index contributed by atoms with van der Waals surface area (Å²) in [7, 11) is 0. The first-order valence-electron chi connectivity index (χ1n) is 7.85. The lowest BCUT2D eigenvalue weighted by atomic mass is 10.1. The van der Waals surface area contributed by atoms with Gasteiger partial charge >= 0.3 is 6.01 Å². The molecule has 0 aromatic carbocycles. The fraction of sp³-hybridized carbons (Fsp3) is 0.533. The maximum absolute atomic E-state index is 11.6. The molecule has 0 fully saturated rings. The molecule has 0 radical (unpaired) electrons. The Morgan fingerprint density at radius 1 is 1.12 bits per heavy atom. The van der Waals surface area contributed by atoms with Crippen LogP contribution in [0.5, 0.6) is 11.9 Å². The highest BCUT2D eigenvalue weighted by atomic mass is 16.5. The van der Waals surface area contributed by atoms with E-state index < -0.39 is 0 Å². The molecule has 0 unspecified atom stereocenters. The Labute approximate surface area is 140 Å². The van der Waals surface area contributed by atoms with Gasteiger partial charge in [0.25, 0.3) is 5.56 Å². The second-order valence-electron chi connectivity index (χ2n) is 6.10. The average Bonchev–Trinajstić information content (AvgIpc) is 2.47. The number of aryl methyl sites for hydroxylation is 1. The van der Waals surface area contributed by atoms with Crippen LogP contribution in [0.4, 0.5) is 11.9 Å². The lowest BCUT2D eigenvalue weighted by molar-refractivity contribution is 0.401. The predicted octanol–water partition coefficient (Wildman–Crippen LogP) is 1.88. The number of nitrogens with zero attached hydrogens (tertiary/aromatic N) is 5. The smallest absolute Gasteiger partial charge is 0.330 e. The van der Waals surface area contributed by atoms with Gasteiger partial charge in [0.05, 0.1) is 0 Å². The molecule has 0 saturated heterocycles. The second kappa shape index (κ2) is 7.24. The number of anilines is 2. The molecule has 2 heterocycles. The lowest BCUT2D eigenvalue weighted by Gasteiger charge is -2.20. The summed E-state index contributed by atoms with van der Waals surface area (Å²) in [6.45, 7) is 10.9. The van der Waals surface area contributed by atoms with E-state index in [1.54, 1.807) is 0 Å². The quantitative estimate of drug-likeness (QED) is 0.825. The highest BCUT2D eigenvalue weighted by molar-refractivity contribution is 5.37. The fourth-order valence-corrected chi connectivity index (χ4v) is 1.84. The van der Waals surface area contributed by atoms with E-state index in [9.17, 15) is 4.79 Å². The Morgan fingerprint density at radius 3 is 2.46 bits per heavy atom. The third kappa shape index (κ3) is 4.90. The zero-order valence-electron chi connectivity index (χ0n) is 14.6. The first-order valence-corrected chi connectivity index (χ1v) is 7.85. The summed E-state index contributed by atoms with van der Waals surface area (Å²) in [4.78, 5) is 24.3. The van der Waals surface area contributed by atoms with Crippen LogP contribution in [0.15, 0.2) is 16.9 Å². The second-order valence-corrected chi connectivity index (χ2v) is 6.10. The highest BCUT2D eigenvalue weighted by Crippen LogP contribution is 2.19. The summed E-state index contributed by atoms with van der Waals surface area (Å²) in [5, 5.41) is 10.3. The molecule has 2 rings (SSSR count). The Kier molecular flexibility index (Phi) is 5.32. The van der Waals surface area contributed by atoms with Crippen molar-refractivity contribution in [2.75, 3.05) is 17.2 Å². The van der Waals surface area contributed by atoms with E-state index in [1.165, 1.54) is 16.8 Å². The van der Waals surface area contributed by atoms with Crippen molar-refractivity contribution in [2.24, 2.45) is 0 Å². The number of ether oxygens (including phenoxy) is 1. The van der Waals surface area contributed by atoms with Gasteiger partial charge in [0.2, 0.25) is 17.8 Å². The summed E-state index contributed by atoms with van der Waals surface area (Å²) < 4.78 is 6.91. The van der Waals surface area contributed by atoms with E-state index in [1.807, 2.05) is 34.6 Å². The number of hydrogen-bond donors (Lipinski definition) is 2. The molecular formula is C15H23N7O2. The molecule has 2 aromatic heterocycles. The molecule has 0 spiro atoms. The zero-order valence-corrected chi connectivity index (χ0v) is 14.6. The maximum atomic E-state index is 11.6. The summed E-state index contributed by atoms with van der Waals surface area (Å²) in [6.07, 6.45) is 0. The highest BCUT2D eigenvalue weighted by Gasteiger charge is 2.15. The largest absolute Gasteiger partial charge is 0.403 e. The lowest BCUT2D eigenvalue weighted by Crippen LogP contribution is -2.27.